The molecular formula is C13H23ClN2O3. The summed E-state index contributed by atoms with van der Waals surface area (Å²) >= 11 is 0. The fourth-order valence-corrected chi connectivity index (χ4v) is 3.30. The zero-order valence-electron chi connectivity index (χ0n) is 11.3. The van der Waals surface area contributed by atoms with E-state index in [0.717, 1.165) is 32.1 Å². The van der Waals surface area contributed by atoms with Crippen LogP contribution in [-0.4, -0.2) is 28.1 Å². The molecule has 2 unspecified atom stereocenters. The molecule has 5 nitrogen and oxygen atoms in total. The highest BCUT2D eigenvalue weighted by atomic mass is 35.5. The van der Waals surface area contributed by atoms with Gasteiger partial charge in [-0.2, -0.15) is 0 Å². The molecule has 1 amide bonds. The van der Waals surface area contributed by atoms with Crippen molar-refractivity contribution in [2.45, 2.75) is 62.9 Å². The summed E-state index contributed by atoms with van der Waals surface area (Å²) in [4.78, 5) is 23.0. The Morgan fingerprint density at radius 1 is 1.47 bits per heavy atom. The molecule has 1 aliphatic carbocycles. The molecule has 1 saturated carbocycles. The lowest BCUT2D eigenvalue weighted by molar-refractivity contribution is -0.143. The number of carbonyl (C=O) groups is 2. The smallest absolute Gasteiger partial charge is 0.323 e. The Morgan fingerprint density at radius 3 is 2.58 bits per heavy atom. The minimum Gasteiger partial charge on any atom is -0.480 e. The summed E-state index contributed by atoms with van der Waals surface area (Å²) in [6.07, 6.45) is 6.51. The Labute approximate surface area is 119 Å². The number of nitrogens with two attached hydrogens (primary N) is 1. The second-order valence-corrected chi connectivity index (χ2v) is 6.16. The molecule has 110 valence electrons. The van der Waals surface area contributed by atoms with Crippen LogP contribution in [0.5, 0.6) is 0 Å². The van der Waals surface area contributed by atoms with Crippen LogP contribution in [0.4, 0.5) is 0 Å². The van der Waals surface area contributed by atoms with Gasteiger partial charge in [-0.05, 0) is 32.6 Å². The van der Waals surface area contributed by atoms with Crippen LogP contribution >= 0.6 is 12.4 Å². The summed E-state index contributed by atoms with van der Waals surface area (Å²) in [6, 6.07) is 0. The van der Waals surface area contributed by atoms with Gasteiger partial charge in [0.1, 0.15) is 5.54 Å². The van der Waals surface area contributed by atoms with E-state index in [1.807, 2.05) is 0 Å². The number of hydrogen-bond acceptors (Lipinski definition) is 3. The van der Waals surface area contributed by atoms with E-state index in [4.69, 9.17) is 10.8 Å². The van der Waals surface area contributed by atoms with E-state index < -0.39 is 11.5 Å². The summed E-state index contributed by atoms with van der Waals surface area (Å²) in [7, 11) is 0. The molecule has 1 saturated heterocycles. The molecule has 1 aliphatic heterocycles. The van der Waals surface area contributed by atoms with Crippen LogP contribution in [0.2, 0.25) is 0 Å². The first-order valence-corrected chi connectivity index (χ1v) is 6.69. The third-order valence-electron chi connectivity index (χ3n) is 4.37. The molecule has 2 atom stereocenters. The zero-order valence-corrected chi connectivity index (χ0v) is 12.1. The maximum atomic E-state index is 12.0. The van der Waals surface area contributed by atoms with Crippen molar-refractivity contribution in [1.29, 1.82) is 0 Å². The molecule has 4 N–H and O–H groups in total. The third-order valence-corrected chi connectivity index (χ3v) is 4.37. The first-order valence-electron chi connectivity index (χ1n) is 6.69. The van der Waals surface area contributed by atoms with Gasteiger partial charge in [-0.3, -0.25) is 9.59 Å². The Bertz CT molecular complexity index is 365. The molecule has 6 heteroatoms. The van der Waals surface area contributed by atoms with E-state index in [0.29, 0.717) is 0 Å². The molecule has 0 aromatic carbocycles. The Morgan fingerprint density at radius 2 is 2.05 bits per heavy atom. The van der Waals surface area contributed by atoms with Crippen molar-refractivity contribution in [3.63, 3.8) is 0 Å². The fourth-order valence-electron chi connectivity index (χ4n) is 3.30. The van der Waals surface area contributed by atoms with Crippen LogP contribution in [0.15, 0.2) is 0 Å². The molecule has 2 aliphatic rings. The number of rotatable bonds is 3. The quantitative estimate of drug-likeness (QED) is 0.733. The van der Waals surface area contributed by atoms with E-state index in [9.17, 15) is 9.59 Å². The van der Waals surface area contributed by atoms with Gasteiger partial charge in [0.25, 0.3) is 0 Å². The first-order chi connectivity index (χ1) is 8.35. The van der Waals surface area contributed by atoms with Gasteiger partial charge < -0.3 is 16.2 Å². The van der Waals surface area contributed by atoms with Crippen molar-refractivity contribution in [2.75, 3.05) is 0 Å². The largest absolute Gasteiger partial charge is 0.480 e. The minimum atomic E-state index is -1.32. The number of hydrogen-bond donors (Lipinski definition) is 3. The summed E-state index contributed by atoms with van der Waals surface area (Å²) in [5, 5.41) is 12.1. The van der Waals surface area contributed by atoms with E-state index in [-0.39, 0.29) is 36.2 Å². The van der Waals surface area contributed by atoms with Crippen molar-refractivity contribution < 1.29 is 14.7 Å². The molecule has 0 radical (unpaired) electrons. The molecular weight excluding hydrogens is 268 g/mol. The van der Waals surface area contributed by atoms with E-state index >= 15 is 0 Å². The monoisotopic (exact) mass is 290 g/mol. The lowest BCUT2D eigenvalue weighted by Crippen LogP contribution is -2.47. The van der Waals surface area contributed by atoms with Gasteiger partial charge in [0.2, 0.25) is 5.91 Å². The number of aliphatic carboxylic acids is 1. The van der Waals surface area contributed by atoms with Gasteiger partial charge in [0, 0.05) is 11.5 Å². The van der Waals surface area contributed by atoms with Crippen LogP contribution in [-0.2, 0) is 9.59 Å². The molecule has 0 aromatic heterocycles. The van der Waals surface area contributed by atoms with Gasteiger partial charge in [-0.25, -0.2) is 0 Å². The highest BCUT2D eigenvalue weighted by molar-refractivity contribution is 5.85. The van der Waals surface area contributed by atoms with Crippen molar-refractivity contribution in [2.24, 2.45) is 11.7 Å². The maximum absolute atomic E-state index is 12.0. The van der Waals surface area contributed by atoms with Gasteiger partial charge in [-0.15, -0.1) is 12.4 Å². The topological polar surface area (TPSA) is 92.4 Å². The highest BCUT2D eigenvalue weighted by Gasteiger charge is 2.47. The summed E-state index contributed by atoms with van der Waals surface area (Å²) in [5.41, 5.74) is 4.35. The molecule has 2 rings (SSSR count). The standard InChI is InChI=1S/C13H22N2O3.ClH/c1-12(14,11(17)18)7-9-8-13(15-10(9)16)5-3-2-4-6-13;/h9H,2-8,14H2,1H3,(H,15,16)(H,17,18);1H. The second kappa shape index (κ2) is 5.67. The number of halogens is 1. The molecule has 2 fully saturated rings. The second-order valence-electron chi connectivity index (χ2n) is 6.16. The zero-order chi connectivity index (χ0) is 13.4. The molecule has 0 aromatic rings. The van der Waals surface area contributed by atoms with Gasteiger partial charge in [0.05, 0.1) is 0 Å². The lowest BCUT2D eigenvalue weighted by atomic mass is 9.77. The van der Waals surface area contributed by atoms with Gasteiger partial charge in [0.15, 0.2) is 0 Å². The number of carboxylic acids is 1. The summed E-state index contributed by atoms with van der Waals surface area (Å²) in [5.74, 6) is -1.32. The maximum Gasteiger partial charge on any atom is 0.323 e. The average molecular weight is 291 g/mol. The lowest BCUT2D eigenvalue weighted by Gasteiger charge is -2.33. The van der Waals surface area contributed by atoms with Gasteiger partial charge in [-0.1, -0.05) is 19.3 Å². The third kappa shape index (κ3) is 3.39. The van der Waals surface area contributed by atoms with Gasteiger partial charge >= 0.3 is 5.97 Å². The number of nitrogens with one attached hydrogen (secondary N) is 1. The average Bonchev–Trinajstić information content (AvgIpc) is 2.55. The van der Waals surface area contributed by atoms with Crippen molar-refractivity contribution >= 4 is 24.3 Å². The van der Waals surface area contributed by atoms with Crippen molar-refractivity contribution in [3.05, 3.63) is 0 Å². The Kier molecular flexibility index (Phi) is 4.85. The summed E-state index contributed by atoms with van der Waals surface area (Å²) < 4.78 is 0. The van der Waals surface area contributed by atoms with Crippen LogP contribution in [0.25, 0.3) is 0 Å². The van der Waals surface area contributed by atoms with E-state index in [2.05, 4.69) is 5.32 Å². The van der Waals surface area contributed by atoms with Crippen LogP contribution in [0.3, 0.4) is 0 Å². The van der Waals surface area contributed by atoms with Crippen LogP contribution in [0, 0.1) is 5.92 Å². The Hall–Kier alpha value is -0.810. The predicted octanol–water partition coefficient (Wildman–Crippen LogP) is 1.44. The molecule has 1 spiro atoms. The first kappa shape index (κ1) is 16.2. The normalized spacial score (nSPS) is 28.3. The molecule has 19 heavy (non-hydrogen) atoms. The minimum absolute atomic E-state index is 0. The number of carbonyl (C=O) groups excluding carboxylic acids is 1. The fraction of sp³-hybridized carbons (Fsp3) is 0.846. The molecule has 0 bridgehead atoms. The number of amides is 1. The van der Waals surface area contributed by atoms with Crippen LogP contribution in [0.1, 0.15) is 51.9 Å². The van der Waals surface area contributed by atoms with Crippen molar-refractivity contribution in [3.8, 4) is 0 Å². The van der Waals surface area contributed by atoms with E-state index in [1.165, 1.54) is 13.3 Å². The highest BCUT2D eigenvalue weighted by Crippen LogP contribution is 2.40. The molecule has 1 heterocycles. The van der Waals surface area contributed by atoms with Crippen LogP contribution < -0.4 is 11.1 Å². The number of carboxylic acid groups (broad SMARTS) is 1. The van der Waals surface area contributed by atoms with E-state index in [1.54, 1.807) is 0 Å². The Balaban J connectivity index is 0.00000180. The predicted molar refractivity (Wildman–Crippen MR) is 74.2 cm³/mol. The summed E-state index contributed by atoms with van der Waals surface area (Å²) in [6.45, 7) is 1.48. The SMILES string of the molecule is CC(N)(CC1CC2(CCCCC2)NC1=O)C(=O)O.Cl. The van der Waals surface area contributed by atoms with Crippen molar-refractivity contribution in [1.82, 2.24) is 5.32 Å².